The van der Waals surface area contributed by atoms with E-state index in [0.29, 0.717) is 27.5 Å². The summed E-state index contributed by atoms with van der Waals surface area (Å²) in [4.78, 5) is 17.9. The van der Waals surface area contributed by atoms with E-state index < -0.39 is 0 Å². The van der Waals surface area contributed by atoms with Crippen molar-refractivity contribution < 1.29 is 4.79 Å². The highest BCUT2D eigenvalue weighted by molar-refractivity contribution is 6.31. The number of benzene rings is 1. The molecule has 0 fully saturated rings. The number of allylic oxidation sites excluding steroid dienone is 10. The molecule has 0 atom stereocenters. The summed E-state index contributed by atoms with van der Waals surface area (Å²) in [6, 6.07) is 5.30. The minimum atomic E-state index is -0.176. The Morgan fingerprint density at radius 2 is 1.96 bits per heavy atom. The Bertz CT molecular complexity index is 971. The number of halogens is 1. The number of carbonyl (C=O) groups is 1. The largest absolute Gasteiger partial charge is 0.268 e. The summed E-state index contributed by atoms with van der Waals surface area (Å²) in [5, 5.41) is 0.569. The molecule has 132 valence electrons. The Morgan fingerprint density at radius 3 is 2.58 bits per heavy atom. The predicted molar refractivity (Wildman–Crippen MR) is 111 cm³/mol. The van der Waals surface area contributed by atoms with Gasteiger partial charge in [-0.1, -0.05) is 67.3 Å². The molecule has 4 heteroatoms. The van der Waals surface area contributed by atoms with Gasteiger partial charge in [-0.05, 0) is 38.1 Å². The Balaban J connectivity index is 2.80. The van der Waals surface area contributed by atoms with Crippen LogP contribution in [0.5, 0.6) is 0 Å². The standard InChI is InChI=1S/C22H21ClN2O/c1-5-9-12-16(8-4)22(26)25-20-14-13-18(23)15-19(20)24-21(25)17(10-6-2)11-7-3/h5-15H,1-2H2,3-4H3/b11-7-,12-9-,16-8+,17-10+. The van der Waals surface area contributed by atoms with Crippen LogP contribution in [0.2, 0.25) is 5.02 Å². The summed E-state index contributed by atoms with van der Waals surface area (Å²) < 4.78 is 1.60. The number of nitrogens with zero attached hydrogens (tertiary/aromatic N) is 2. The number of fused-ring (bicyclic) bond motifs is 1. The van der Waals surface area contributed by atoms with Gasteiger partial charge in [0.2, 0.25) is 0 Å². The molecular formula is C22H21ClN2O. The monoisotopic (exact) mass is 364 g/mol. The van der Waals surface area contributed by atoms with Gasteiger partial charge < -0.3 is 0 Å². The zero-order valence-corrected chi connectivity index (χ0v) is 15.7. The molecule has 2 aromatic rings. The average molecular weight is 365 g/mol. The van der Waals surface area contributed by atoms with Crippen LogP contribution in [0.4, 0.5) is 0 Å². The molecule has 0 aliphatic carbocycles. The van der Waals surface area contributed by atoms with E-state index in [0.717, 1.165) is 5.57 Å². The van der Waals surface area contributed by atoms with E-state index in [2.05, 4.69) is 18.1 Å². The normalized spacial score (nSPS) is 13.0. The molecule has 0 radical (unpaired) electrons. The van der Waals surface area contributed by atoms with Gasteiger partial charge in [0.05, 0.1) is 11.0 Å². The lowest BCUT2D eigenvalue weighted by atomic mass is 10.1. The van der Waals surface area contributed by atoms with Crippen molar-refractivity contribution in [2.24, 2.45) is 0 Å². The van der Waals surface area contributed by atoms with E-state index in [1.165, 1.54) is 0 Å². The molecular weight excluding hydrogens is 344 g/mol. The smallest absolute Gasteiger partial charge is 0.263 e. The van der Waals surface area contributed by atoms with E-state index >= 15 is 0 Å². The highest BCUT2D eigenvalue weighted by Gasteiger charge is 2.20. The van der Waals surface area contributed by atoms with Gasteiger partial charge in [-0.15, -0.1) is 0 Å². The third-order valence-corrected chi connectivity index (χ3v) is 3.93. The maximum absolute atomic E-state index is 13.2. The second-order valence-electron chi connectivity index (χ2n) is 5.41. The number of rotatable bonds is 6. The van der Waals surface area contributed by atoms with Crippen molar-refractivity contribution >= 4 is 34.1 Å². The topological polar surface area (TPSA) is 34.9 Å². The summed E-state index contributed by atoms with van der Waals surface area (Å²) in [7, 11) is 0. The van der Waals surface area contributed by atoms with Crippen molar-refractivity contribution in [3.05, 3.63) is 96.4 Å². The lowest BCUT2D eigenvalue weighted by molar-refractivity contribution is 0.0962. The van der Waals surface area contributed by atoms with Crippen LogP contribution >= 0.6 is 11.6 Å². The Morgan fingerprint density at radius 1 is 1.19 bits per heavy atom. The molecule has 1 aromatic carbocycles. The van der Waals surface area contributed by atoms with Crippen LogP contribution in [-0.2, 0) is 0 Å². The zero-order valence-electron chi connectivity index (χ0n) is 14.9. The fraction of sp³-hybridized carbons (Fsp3) is 0.0909. The van der Waals surface area contributed by atoms with Crippen molar-refractivity contribution in [1.82, 2.24) is 9.55 Å². The quantitative estimate of drug-likeness (QED) is 0.454. The Hall–Kier alpha value is -2.91. The van der Waals surface area contributed by atoms with Crippen LogP contribution in [0.15, 0.2) is 85.5 Å². The van der Waals surface area contributed by atoms with Gasteiger partial charge in [-0.3, -0.25) is 9.36 Å². The van der Waals surface area contributed by atoms with Gasteiger partial charge in [-0.2, -0.15) is 0 Å². The number of hydrogen-bond acceptors (Lipinski definition) is 2. The molecule has 2 rings (SSSR count). The Kier molecular flexibility index (Phi) is 6.70. The van der Waals surface area contributed by atoms with Crippen molar-refractivity contribution in [3.63, 3.8) is 0 Å². The maximum Gasteiger partial charge on any atom is 0.263 e. The van der Waals surface area contributed by atoms with Crippen molar-refractivity contribution in [2.45, 2.75) is 13.8 Å². The molecule has 0 unspecified atom stereocenters. The first-order valence-electron chi connectivity index (χ1n) is 8.21. The lowest BCUT2D eigenvalue weighted by Crippen LogP contribution is -2.15. The summed E-state index contributed by atoms with van der Waals surface area (Å²) in [5.74, 6) is 0.363. The molecule has 1 heterocycles. The van der Waals surface area contributed by atoms with Gasteiger partial charge in [0.15, 0.2) is 0 Å². The third kappa shape index (κ3) is 4.01. The SMILES string of the molecule is C=C/C=C\C(=C/C)C(=O)n1c(C(/C=C\C)=C/C=C)nc2cc(Cl)ccc21. The van der Waals surface area contributed by atoms with Crippen LogP contribution in [-0.4, -0.2) is 15.5 Å². The van der Waals surface area contributed by atoms with E-state index in [9.17, 15) is 4.79 Å². The van der Waals surface area contributed by atoms with Crippen LogP contribution in [0.3, 0.4) is 0 Å². The highest BCUT2D eigenvalue weighted by atomic mass is 35.5. The molecule has 1 aromatic heterocycles. The third-order valence-electron chi connectivity index (χ3n) is 3.69. The fourth-order valence-corrected chi connectivity index (χ4v) is 2.72. The van der Waals surface area contributed by atoms with Crippen LogP contribution in [0.1, 0.15) is 24.5 Å². The first kappa shape index (κ1) is 19.4. The maximum atomic E-state index is 13.2. The zero-order chi connectivity index (χ0) is 19.1. The average Bonchev–Trinajstić information content (AvgIpc) is 3.00. The summed E-state index contributed by atoms with van der Waals surface area (Å²) in [5.41, 5.74) is 2.67. The van der Waals surface area contributed by atoms with E-state index in [1.807, 2.05) is 32.1 Å². The summed E-state index contributed by atoms with van der Waals surface area (Å²) in [6.45, 7) is 11.1. The number of carbonyl (C=O) groups excluding carboxylic acids is 1. The summed E-state index contributed by atoms with van der Waals surface area (Å²) >= 11 is 6.11. The molecule has 0 saturated heterocycles. The molecule has 0 spiro atoms. The number of hydrogen-bond donors (Lipinski definition) is 0. The minimum Gasteiger partial charge on any atom is -0.268 e. The van der Waals surface area contributed by atoms with Crippen LogP contribution < -0.4 is 0 Å². The van der Waals surface area contributed by atoms with Crippen molar-refractivity contribution in [2.75, 3.05) is 0 Å². The summed E-state index contributed by atoms with van der Waals surface area (Å²) in [6.07, 6.45) is 14.1. The molecule has 0 amide bonds. The molecule has 0 aliphatic rings. The van der Waals surface area contributed by atoms with Gasteiger partial charge in [-0.25, -0.2) is 4.98 Å². The number of aromatic nitrogens is 2. The molecule has 0 bridgehead atoms. The van der Waals surface area contributed by atoms with Gasteiger partial charge >= 0.3 is 0 Å². The van der Waals surface area contributed by atoms with Crippen molar-refractivity contribution in [1.29, 1.82) is 0 Å². The molecule has 0 N–H and O–H groups in total. The molecule has 26 heavy (non-hydrogen) atoms. The van der Waals surface area contributed by atoms with E-state index in [1.54, 1.807) is 53.1 Å². The minimum absolute atomic E-state index is 0.176. The van der Waals surface area contributed by atoms with Crippen molar-refractivity contribution in [3.8, 4) is 0 Å². The van der Waals surface area contributed by atoms with Crippen LogP contribution in [0.25, 0.3) is 16.6 Å². The van der Waals surface area contributed by atoms with Crippen LogP contribution in [0, 0.1) is 0 Å². The van der Waals surface area contributed by atoms with E-state index in [4.69, 9.17) is 11.6 Å². The molecule has 0 saturated carbocycles. The Labute approximate surface area is 159 Å². The molecule has 3 nitrogen and oxygen atoms in total. The molecule has 0 aliphatic heterocycles. The highest BCUT2D eigenvalue weighted by Crippen LogP contribution is 2.26. The van der Waals surface area contributed by atoms with Gasteiger partial charge in [0.25, 0.3) is 5.91 Å². The first-order chi connectivity index (χ1) is 12.6. The van der Waals surface area contributed by atoms with Gasteiger partial charge in [0, 0.05) is 16.2 Å². The first-order valence-corrected chi connectivity index (χ1v) is 8.59. The van der Waals surface area contributed by atoms with E-state index in [-0.39, 0.29) is 5.91 Å². The predicted octanol–water partition coefficient (Wildman–Crippen LogP) is 6.16. The second-order valence-corrected chi connectivity index (χ2v) is 5.84. The lowest BCUT2D eigenvalue weighted by Gasteiger charge is -2.09. The van der Waals surface area contributed by atoms with Gasteiger partial charge in [0.1, 0.15) is 5.82 Å². The second kappa shape index (κ2) is 8.97. The number of imidazole rings is 1. The fourth-order valence-electron chi connectivity index (χ4n) is 2.56.